The number of hydrogen-bond acceptors (Lipinski definition) is 4. The highest BCUT2D eigenvalue weighted by atomic mass is 16.7. The highest BCUT2D eigenvalue weighted by Gasteiger charge is 2.07. The molecule has 0 saturated carbocycles. The first-order valence-electron chi connectivity index (χ1n) is 11.0. The maximum Gasteiger partial charge on any atom is 0.506 e. The van der Waals surface area contributed by atoms with E-state index in [1.54, 1.807) is 6.08 Å². The van der Waals surface area contributed by atoms with Crippen LogP contribution in [0.15, 0.2) is 29.8 Å². The van der Waals surface area contributed by atoms with Crippen LogP contribution in [-0.4, -0.2) is 35.7 Å². The summed E-state index contributed by atoms with van der Waals surface area (Å²) in [5.74, 6) is 6.37. The van der Waals surface area contributed by atoms with Crippen LogP contribution in [0.3, 0.4) is 0 Å². The third kappa shape index (κ3) is 13.8. The first-order chi connectivity index (χ1) is 15.0. The summed E-state index contributed by atoms with van der Waals surface area (Å²) in [4.78, 5) is 21.3. The summed E-state index contributed by atoms with van der Waals surface area (Å²) in [6.07, 6.45) is 11.1. The lowest BCUT2D eigenvalue weighted by atomic mass is 10.0. The molecule has 1 rings (SSSR count). The Kier molecular flexibility index (Phi) is 14.2. The molecule has 0 aliphatic carbocycles. The second-order valence-corrected chi connectivity index (χ2v) is 7.38. The van der Waals surface area contributed by atoms with Crippen molar-refractivity contribution >= 4 is 18.4 Å². The molecule has 0 heterocycles. The summed E-state index contributed by atoms with van der Waals surface area (Å²) >= 11 is 0. The van der Waals surface area contributed by atoms with Crippen molar-refractivity contribution in [1.82, 2.24) is 0 Å². The fourth-order valence-electron chi connectivity index (χ4n) is 3.07. The van der Waals surface area contributed by atoms with Crippen molar-refractivity contribution in [2.45, 2.75) is 71.1 Å². The number of hydrogen-bond donors (Lipinski definition) is 2. The first kappa shape index (κ1) is 26.1. The van der Waals surface area contributed by atoms with Gasteiger partial charge < -0.3 is 19.7 Å². The molecule has 0 saturated heterocycles. The summed E-state index contributed by atoms with van der Waals surface area (Å²) in [5, 5.41) is 17.4. The lowest BCUT2D eigenvalue weighted by Crippen LogP contribution is -2.11. The van der Waals surface area contributed by atoms with Crippen molar-refractivity contribution in [3.8, 4) is 11.8 Å². The molecule has 0 unspecified atom stereocenters. The van der Waals surface area contributed by atoms with E-state index in [-0.39, 0.29) is 13.2 Å². The highest BCUT2D eigenvalue weighted by Crippen LogP contribution is 2.14. The average Bonchev–Trinajstić information content (AvgIpc) is 2.74. The molecule has 0 aliphatic rings. The van der Waals surface area contributed by atoms with Crippen LogP contribution in [0.5, 0.6) is 0 Å². The second-order valence-electron chi connectivity index (χ2n) is 7.38. The van der Waals surface area contributed by atoms with Gasteiger partial charge in [0, 0.05) is 17.6 Å². The molecule has 0 radical (unpaired) electrons. The van der Waals surface area contributed by atoms with Crippen molar-refractivity contribution in [3.05, 3.63) is 41.0 Å². The number of carboxylic acid groups (broad SMARTS) is 2. The lowest BCUT2D eigenvalue weighted by Gasteiger charge is -2.08. The van der Waals surface area contributed by atoms with Gasteiger partial charge in [0.1, 0.15) is 13.2 Å². The van der Waals surface area contributed by atoms with E-state index in [1.807, 2.05) is 24.3 Å². The van der Waals surface area contributed by atoms with Crippen LogP contribution in [0.4, 0.5) is 9.59 Å². The van der Waals surface area contributed by atoms with E-state index in [0.717, 1.165) is 24.0 Å². The molecule has 31 heavy (non-hydrogen) atoms. The molecule has 0 aromatic heterocycles. The molecule has 0 aliphatic heterocycles. The summed E-state index contributed by atoms with van der Waals surface area (Å²) < 4.78 is 9.12. The largest absolute Gasteiger partial charge is 0.506 e. The minimum atomic E-state index is -1.43. The van der Waals surface area contributed by atoms with Crippen LogP contribution in [0, 0.1) is 11.8 Å². The Hall–Kier alpha value is -2.94. The van der Waals surface area contributed by atoms with Gasteiger partial charge in [-0.05, 0) is 24.1 Å². The summed E-state index contributed by atoms with van der Waals surface area (Å²) in [7, 11) is 0. The van der Waals surface area contributed by atoms with Gasteiger partial charge in [-0.3, -0.25) is 0 Å². The van der Waals surface area contributed by atoms with Gasteiger partial charge in [0.15, 0.2) is 0 Å². The number of benzene rings is 1. The van der Waals surface area contributed by atoms with Crippen molar-refractivity contribution in [1.29, 1.82) is 0 Å². The van der Waals surface area contributed by atoms with E-state index in [0.29, 0.717) is 5.57 Å². The van der Waals surface area contributed by atoms with Gasteiger partial charge in [-0.15, -0.1) is 0 Å². The van der Waals surface area contributed by atoms with E-state index in [4.69, 9.17) is 10.2 Å². The van der Waals surface area contributed by atoms with Crippen molar-refractivity contribution in [2.75, 3.05) is 13.2 Å². The molecule has 0 atom stereocenters. The minimum Gasteiger partial charge on any atom is -0.450 e. The second kappa shape index (κ2) is 16.8. The Morgan fingerprint density at radius 3 is 2.00 bits per heavy atom. The van der Waals surface area contributed by atoms with Gasteiger partial charge in [-0.2, -0.15) is 0 Å². The third-order valence-corrected chi connectivity index (χ3v) is 4.71. The quantitative estimate of drug-likeness (QED) is 0.193. The minimum absolute atomic E-state index is 0.275. The van der Waals surface area contributed by atoms with Crippen LogP contribution in [-0.2, 0) is 9.47 Å². The SMILES string of the molecule is CCCCCCCCCCCC#Cc1ccccc1C=C(COC(=O)O)COC(=O)O. The molecule has 170 valence electrons. The first-order valence-corrected chi connectivity index (χ1v) is 11.0. The maximum absolute atomic E-state index is 10.7. The van der Waals surface area contributed by atoms with Gasteiger partial charge in [0.2, 0.25) is 0 Å². The van der Waals surface area contributed by atoms with Gasteiger partial charge in [-0.1, -0.05) is 88.3 Å². The zero-order valence-corrected chi connectivity index (χ0v) is 18.4. The number of rotatable bonds is 14. The molecule has 1 aromatic carbocycles. The van der Waals surface area contributed by atoms with Gasteiger partial charge in [0.25, 0.3) is 0 Å². The molecule has 6 heteroatoms. The third-order valence-electron chi connectivity index (χ3n) is 4.71. The molecule has 0 bridgehead atoms. The molecule has 0 amide bonds. The molecule has 6 nitrogen and oxygen atoms in total. The Bertz CT molecular complexity index is 737. The predicted octanol–water partition coefficient (Wildman–Crippen LogP) is 6.73. The normalized spacial score (nSPS) is 9.97. The fraction of sp³-hybridized carbons (Fsp3) is 0.520. The van der Waals surface area contributed by atoms with E-state index in [2.05, 4.69) is 28.2 Å². The van der Waals surface area contributed by atoms with Gasteiger partial charge >= 0.3 is 12.3 Å². The monoisotopic (exact) mass is 430 g/mol. The fourth-order valence-corrected chi connectivity index (χ4v) is 3.07. The standard InChI is InChI=1S/C25H34O6/c1-2-3-4-5-6-7-8-9-10-11-12-15-22-16-13-14-17-23(22)18-21(19-30-24(26)27)20-31-25(28)29/h13-14,16-18H,2-11,19-20H2,1H3,(H,26,27)(H,28,29). The molecular weight excluding hydrogens is 396 g/mol. The summed E-state index contributed by atoms with van der Waals surface area (Å²) in [6.45, 7) is 1.68. The van der Waals surface area contributed by atoms with E-state index < -0.39 is 12.3 Å². The predicted molar refractivity (Wildman–Crippen MR) is 121 cm³/mol. The van der Waals surface area contributed by atoms with Crippen molar-refractivity contribution in [2.24, 2.45) is 0 Å². The number of unbranched alkanes of at least 4 members (excludes halogenated alkanes) is 9. The molecule has 0 fully saturated rings. The van der Waals surface area contributed by atoms with Crippen LogP contribution in [0.1, 0.15) is 82.3 Å². The van der Waals surface area contributed by atoms with Gasteiger partial charge in [-0.25, -0.2) is 9.59 Å². The van der Waals surface area contributed by atoms with Crippen LogP contribution < -0.4 is 0 Å². The Labute approximate surface area is 185 Å². The summed E-state index contributed by atoms with van der Waals surface area (Å²) in [5.41, 5.74) is 1.94. The van der Waals surface area contributed by atoms with Crippen molar-refractivity contribution in [3.63, 3.8) is 0 Å². The Balaban J connectivity index is 2.56. The molecule has 2 N–H and O–H groups in total. The zero-order valence-electron chi connectivity index (χ0n) is 18.4. The number of carbonyl (C=O) groups is 2. The smallest absolute Gasteiger partial charge is 0.450 e. The molecule has 0 spiro atoms. The maximum atomic E-state index is 10.7. The molecular formula is C25H34O6. The van der Waals surface area contributed by atoms with Crippen LogP contribution in [0.25, 0.3) is 6.08 Å². The average molecular weight is 431 g/mol. The van der Waals surface area contributed by atoms with E-state index in [9.17, 15) is 9.59 Å². The topological polar surface area (TPSA) is 93.1 Å². The zero-order chi connectivity index (χ0) is 22.7. The Morgan fingerprint density at radius 2 is 1.42 bits per heavy atom. The van der Waals surface area contributed by atoms with E-state index in [1.165, 1.54) is 51.4 Å². The highest BCUT2D eigenvalue weighted by molar-refractivity contribution is 5.63. The van der Waals surface area contributed by atoms with E-state index >= 15 is 0 Å². The lowest BCUT2D eigenvalue weighted by molar-refractivity contribution is 0.0862. The Morgan fingerprint density at radius 1 is 0.871 bits per heavy atom. The molecule has 1 aromatic rings. The van der Waals surface area contributed by atoms with Gasteiger partial charge in [0.05, 0.1) is 0 Å². The van der Waals surface area contributed by atoms with Crippen LogP contribution >= 0.6 is 0 Å². The number of ether oxygens (including phenoxy) is 2. The summed E-state index contributed by atoms with van der Waals surface area (Å²) in [6, 6.07) is 7.43. The van der Waals surface area contributed by atoms with Crippen molar-refractivity contribution < 1.29 is 29.3 Å². The van der Waals surface area contributed by atoms with Crippen LogP contribution in [0.2, 0.25) is 0 Å².